The van der Waals surface area contributed by atoms with E-state index >= 15 is 0 Å². The molecule has 1 aromatic rings. The number of rotatable bonds is 8. The number of benzene rings is 1. The molecule has 0 aromatic heterocycles. The van der Waals surface area contributed by atoms with Crippen LogP contribution in [0.5, 0.6) is 5.75 Å². The van der Waals surface area contributed by atoms with E-state index in [2.05, 4.69) is 38.7 Å². The molecule has 0 spiro atoms. The average molecular weight is 290 g/mol. The summed E-state index contributed by atoms with van der Waals surface area (Å²) < 4.78 is 5.58. The fraction of sp³-hybridized carbons (Fsp3) is 0.588. The van der Waals surface area contributed by atoms with Crippen LogP contribution in [0.1, 0.15) is 33.3 Å². The molecule has 1 aromatic carbocycles. The zero-order valence-electron chi connectivity index (χ0n) is 13.4. The van der Waals surface area contributed by atoms with Crippen molar-refractivity contribution < 1.29 is 9.84 Å². The molecule has 116 valence electrons. The molecule has 0 aliphatic carbocycles. The Balaban J connectivity index is 2.53. The first kappa shape index (κ1) is 17.5. The highest BCUT2D eigenvalue weighted by Gasteiger charge is 2.16. The molecule has 0 bridgehead atoms. The molecule has 0 heterocycles. The molecule has 21 heavy (non-hydrogen) atoms. The van der Waals surface area contributed by atoms with Crippen LogP contribution >= 0.6 is 0 Å². The lowest BCUT2D eigenvalue weighted by molar-refractivity contribution is 0.0528. The van der Waals surface area contributed by atoms with Crippen molar-refractivity contribution in [3.05, 3.63) is 29.8 Å². The third-order valence-electron chi connectivity index (χ3n) is 3.21. The van der Waals surface area contributed by atoms with Gasteiger partial charge in [0, 0.05) is 19.1 Å². The van der Waals surface area contributed by atoms with Gasteiger partial charge in [-0.25, -0.2) is 0 Å². The van der Waals surface area contributed by atoms with Crippen molar-refractivity contribution in [3.63, 3.8) is 0 Å². The van der Waals surface area contributed by atoms with Crippen molar-refractivity contribution in [2.45, 2.75) is 39.8 Å². The van der Waals surface area contributed by atoms with E-state index in [4.69, 9.17) is 10.00 Å². The fourth-order valence-electron chi connectivity index (χ4n) is 2.16. The number of hydrogen-bond donors (Lipinski definition) is 1. The Morgan fingerprint density at radius 1 is 1.19 bits per heavy atom. The number of nitriles is 1. The zero-order valence-corrected chi connectivity index (χ0v) is 13.4. The minimum Gasteiger partial charge on any atom is -0.489 e. The summed E-state index contributed by atoms with van der Waals surface area (Å²) in [4.78, 5) is 2.24. The first-order chi connectivity index (χ1) is 9.93. The molecular weight excluding hydrogens is 264 g/mol. The Morgan fingerprint density at radius 2 is 1.86 bits per heavy atom. The second-order valence-electron chi connectivity index (χ2n) is 6.01. The van der Waals surface area contributed by atoms with Gasteiger partial charge in [0.25, 0.3) is 0 Å². The van der Waals surface area contributed by atoms with Gasteiger partial charge in [0.2, 0.25) is 0 Å². The molecule has 0 aliphatic rings. The van der Waals surface area contributed by atoms with Gasteiger partial charge >= 0.3 is 0 Å². The van der Waals surface area contributed by atoms with Gasteiger partial charge in [-0.1, -0.05) is 26.0 Å². The van der Waals surface area contributed by atoms with E-state index in [9.17, 15) is 5.11 Å². The Labute approximate surface area is 128 Å². The SMILES string of the molecule is CC(C)CN(CC(O)COc1ccccc1C#N)C(C)C. The molecule has 0 aliphatic heterocycles. The number of aliphatic hydroxyl groups excluding tert-OH is 1. The molecule has 0 fully saturated rings. The smallest absolute Gasteiger partial charge is 0.137 e. The van der Waals surface area contributed by atoms with E-state index in [1.54, 1.807) is 18.2 Å². The van der Waals surface area contributed by atoms with Gasteiger partial charge in [-0.3, -0.25) is 4.90 Å². The van der Waals surface area contributed by atoms with Crippen LogP contribution in [0.4, 0.5) is 0 Å². The lowest BCUT2D eigenvalue weighted by Crippen LogP contribution is -2.41. The Kier molecular flexibility index (Phi) is 7.21. The van der Waals surface area contributed by atoms with Gasteiger partial charge < -0.3 is 9.84 Å². The summed E-state index contributed by atoms with van der Waals surface area (Å²) in [5, 5.41) is 19.2. The molecule has 1 rings (SSSR count). The quantitative estimate of drug-likeness (QED) is 0.799. The van der Waals surface area contributed by atoms with Crippen LogP contribution in [0, 0.1) is 17.2 Å². The van der Waals surface area contributed by atoms with E-state index in [1.165, 1.54) is 0 Å². The summed E-state index contributed by atoms with van der Waals surface area (Å²) >= 11 is 0. The molecule has 1 atom stereocenters. The minimum atomic E-state index is -0.571. The van der Waals surface area contributed by atoms with Crippen molar-refractivity contribution in [1.82, 2.24) is 4.90 Å². The van der Waals surface area contributed by atoms with Crippen LogP contribution in [0.25, 0.3) is 0 Å². The molecule has 1 unspecified atom stereocenters. The van der Waals surface area contributed by atoms with Crippen molar-refractivity contribution in [2.75, 3.05) is 19.7 Å². The molecular formula is C17H26N2O2. The van der Waals surface area contributed by atoms with Crippen LogP contribution in [-0.4, -0.2) is 41.8 Å². The molecule has 0 radical (unpaired) electrons. The second kappa shape index (κ2) is 8.66. The van der Waals surface area contributed by atoms with Crippen molar-refractivity contribution in [1.29, 1.82) is 5.26 Å². The van der Waals surface area contributed by atoms with Gasteiger partial charge in [-0.2, -0.15) is 5.26 Å². The van der Waals surface area contributed by atoms with E-state index in [-0.39, 0.29) is 6.61 Å². The minimum absolute atomic E-state index is 0.194. The normalized spacial score (nSPS) is 12.7. The Morgan fingerprint density at radius 3 is 2.43 bits per heavy atom. The maximum atomic E-state index is 10.2. The number of ether oxygens (including phenoxy) is 1. The van der Waals surface area contributed by atoms with E-state index < -0.39 is 6.10 Å². The lowest BCUT2D eigenvalue weighted by atomic mass is 10.1. The molecule has 0 saturated heterocycles. The number of aliphatic hydroxyl groups is 1. The summed E-state index contributed by atoms with van der Waals surface area (Å²) in [5.41, 5.74) is 0.493. The van der Waals surface area contributed by atoms with E-state index in [0.717, 1.165) is 6.54 Å². The van der Waals surface area contributed by atoms with Gasteiger partial charge in [0.1, 0.15) is 24.5 Å². The van der Waals surface area contributed by atoms with E-state index in [1.807, 2.05) is 6.07 Å². The summed E-state index contributed by atoms with van der Waals surface area (Å²) in [5.74, 6) is 1.08. The topological polar surface area (TPSA) is 56.5 Å². The largest absolute Gasteiger partial charge is 0.489 e. The highest BCUT2D eigenvalue weighted by atomic mass is 16.5. The summed E-state index contributed by atoms with van der Waals surface area (Å²) in [6.07, 6.45) is -0.571. The van der Waals surface area contributed by atoms with Crippen LogP contribution < -0.4 is 4.74 Å². The van der Waals surface area contributed by atoms with E-state index in [0.29, 0.717) is 29.8 Å². The predicted molar refractivity (Wildman–Crippen MR) is 84.2 cm³/mol. The van der Waals surface area contributed by atoms with Gasteiger partial charge in [0.05, 0.1) is 5.56 Å². The highest BCUT2D eigenvalue weighted by Crippen LogP contribution is 2.17. The first-order valence-electron chi connectivity index (χ1n) is 7.48. The van der Waals surface area contributed by atoms with Crippen LogP contribution in [-0.2, 0) is 0 Å². The first-order valence-corrected chi connectivity index (χ1v) is 7.48. The second-order valence-corrected chi connectivity index (χ2v) is 6.01. The summed E-state index contributed by atoms with van der Waals surface area (Å²) in [6.45, 7) is 10.3. The number of hydrogen-bond acceptors (Lipinski definition) is 4. The highest BCUT2D eigenvalue weighted by molar-refractivity contribution is 5.42. The van der Waals surface area contributed by atoms with Gasteiger partial charge in [-0.05, 0) is 31.9 Å². The molecule has 0 amide bonds. The molecule has 4 nitrogen and oxygen atoms in total. The van der Waals surface area contributed by atoms with Gasteiger partial charge in [-0.15, -0.1) is 0 Å². The monoisotopic (exact) mass is 290 g/mol. The third-order valence-corrected chi connectivity index (χ3v) is 3.21. The average Bonchev–Trinajstić information content (AvgIpc) is 2.44. The maximum absolute atomic E-state index is 10.2. The van der Waals surface area contributed by atoms with Crippen LogP contribution in [0.3, 0.4) is 0 Å². The van der Waals surface area contributed by atoms with Crippen LogP contribution in [0.2, 0.25) is 0 Å². The lowest BCUT2D eigenvalue weighted by Gasteiger charge is -2.30. The van der Waals surface area contributed by atoms with Crippen LogP contribution in [0.15, 0.2) is 24.3 Å². The number of para-hydroxylation sites is 1. The maximum Gasteiger partial charge on any atom is 0.137 e. The van der Waals surface area contributed by atoms with Crippen molar-refractivity contribution in [3.8, 4) is 11.8 Å². The number of nitrogens with zero attached hydrogens (tertiary/aromatic N) is 2. The predicted octanol–water partition coefficient (Wildman–Crippen LogP) is 2.66. The molecule has 4 heteroatoms. The zero-order chi connectivity index (χ0) is 15.8. The van der Waals surface area contributed by atoms with Crippen molar-refractivity contribution >= 4 is 0 Å². The third kappa shape index (κ3) is 6.16. The van der Waals surface area contributed by atoms with Crippen molar-refractivity contribution in [2.24, 2.45) is 5.92 Å². The fourth-order valence-corrected chi connectivity index (χ4v) is 2.16. The standard InChI is InChI=1S/C17H26N2O2/c1-13(2)10-19(14(3)4)11-16(20)12-21-17-8-6-5-7-15(17)9-18/h5-8,13-14,16,20H,10-12H2,1-4H3. The molecule has 1 N–H and O–H groups in total. The molecule has 0 saturated carbocycles. The summed E-state index contributed by atoms with van der Waals surface area (Å²) in [6, 6.07) is 9.55. The summed E-state index contributed by atoms with van der Waals surface area (Å²) in [7, 11) is 0. The van der Waals surface area contributed by atoms with Gasteiger partial charge in [0.15, 0.2) is 0 Å². The Hall–Kier alpha value is -1.57. The Bertz CT molecular complexity index is 466.